The number of sulfonamides is 1. The summed E-state index contributed by atoms with van der Waals surface area (Å²) in [5, 5.41) is 3.33. The minimum absolute atomic E-state index is 0.0551. The molecule has 1 aromatic carbocycles. The zero-order chi connectivity index (χ0) is 17.7. The lowest BCUT2D eigenvalue weighted by molar-refractivity contribution is 0.602. The van der Waals surface area contributed by atoms with Gasteiger partial charge in [0.1, 0.15) is 5.82 Å². The van der Waals surface area contributed by atoms with Gasteiger partial charge in [-0.1, -0.05) is 12.1 Å². The van der Waals surface area contributed by atoms with Gasteiger partial charge in [-0.3, -0.25) is 4.72 Å². The van der Waals surface area contributed by atoms with Crippen molar-refractivity contribution in [3.63, 3.8) is 0 Å². The summed E-state index contributed by atoms with van der Waals surface area (Å²) >= 11 is 0. The second-order valence-corrected chi connectivity index (χ2v) is 7.80. The van der Waals surface area contributed by atoms with Crippen molar-refractivity contribution >= 4 is 27.2 Å². The summed E-state index contributed by atoms with van der Waals surface area (Å²) in [4.78, 5) is 6.39. The molecule has 1 atom stereocenters. The van der Waals surface area contributed by atoms with Gasteiger partial charge in [-0.05, 0) is 43.7 Å². The molecule has 0 spiro atoms. The maximum Gasteiger partial charge on any atom is 0.232 e. The molecular formula is C17H24N4O2S. The predicted molar refractivity (Wildman–Crippen MR) is 100 cm³/mol. The first-order chi connectivity index (χ1) is 11.3. The normalized spacial score (nSPS) is 12.5. The minimum atomic E-state index is -3.24. The zero-order valence-electron chi connectivity index (χ0n) is 14.4. The summed E-state index contributed by atoms with van der Waals surface area (Å²) in [5.74, 6) is 0.852. The molecule has 1 heterocycles. The van der Waals surface area contributed by atoms with E-state index in [1.807, 2.05) is 56.4 Å². The molecule has 2 N–H and O–H groups in total. The van der Waals surface area contributed by atoms with Crippen molar-refractivity contribution in [3.8, 4) is 0 Å². The molecule has 7 heteroatoms. The molecule has 24 heavy (non-hydrogen) atoms. The van der Waals surface area contributed by atoms with E-state index in [9.17, 15) is 8.42 Å². The molecule has 0 radical (unpaired) electrons. The number of hydrogen-bond donors (Lipinski definition) is 2. The Hall–Kier alpha value is -2.28. The van der Waals surface area contributed by atoms with E-state index < -0.39 is 10.0 Å². The Morgan fingerprint density at radius 1 is 1.12 bits per heavy atom. The Kier molecular flexibility index (Phi) is 5.66. The smallest absolute Gasteiger partial charge is 0.232 e. The van der Waals surface area contributed by atoms with E-state index in [0.717, 1.165) is 17.1 Å². The number of pyridine rings is 1. The maximum absolute atomic E-state index is 11.6. The molecule has 6 nitrogen and oxygen atoms in total. The number of anilines is 3. The molecule has 0 aliphatic rings. The summed E-state index contributed by atoms with van der Waals surface area (Å²) in [6.45, 7) is 3.64. The molecule has 0 saturated carbocycles. The van der Waals surface area contributed by atoms with E-state index in [0.29, 0.717) is 5.69 Å². The Labute approximate surface area is 144 Å². The van der Waals surface area contributed by atoms with Crippen molar-refractivity contribution in [1.29, 1.82) is 0 Å². The zero-order valence-corrected chi connectivity index (χ0v) is 15.3. The molecule has 2 rings (SSSR count). The second-order valence-electron chi connectivity index (χ2n) is 5.79. The predicted octanol–water partition coefficient (Wildman–Crippen LogP) is 3.08. The van der Waals surface area contributed by atoms with E-state index in [4.69, 9.17) is 0 Å². The maximum atomic E-state index is 11.6. The highest BCUT2D eigenvalue weighted by atomic mass is 32.2. The first-order valence-corrected chi connectivity index (χ1v) is 9.46. The molecule has 2 aromatic rings. The topological polar surface area (TPSA) is 74.3 Å². The lowest BCUT2D eigenvalue weighted by Crippen LogP contribution is -2.14. The lowest BCUT2D eigenvalue weighted by Gasteiger charge is -2.17. The molecule has 1 aromatic heterocycles. The fraction of sp³-hybridized carbons (Fsp3) is 0.353. The average Bonchev–Trinajstić information content (AvgIpc) is 2.55. The van der Waals surface area contributed by atoms with E-state index in [1.165, 1.54) is 0 Å². The van der Waals surface area contributed by atoms with Gasteiger partial charge in [-0.2, -0.15) is 0 Å². The van der Waals surface area contributed by atoms with Crippen LogP contribution >= 0.6 is 0 Å². The largest absolute Gasteiger partial charge is 0.376 e. The van der Waals surface area contributed by atoms with E-state index >= 15 is 0 Å². The van der Waals surface area contributed by atoms with Gasteiger partial charge in [0.25, 0.3) is 0 Å². The number of benzene rings is 1. The highest BCUT2D eigenvalue weighted by Gasteiger charge is 2.09. The van der Waals surface area contributed by atoms with Crippen molar-refractivity contribution in [2.24, 2.45) is 0 Å². The molecule has 0 unspecified atom stereocenters. The van der Waals surface area contributed by atoms with Gasteiger partial charge in [0.05, 0.1) is 17.6 Å². The number of nitrogens with one attached hydrogen (secondary N) is 2. The van der Waals surface area contributed by atoms with Gasteiger partial charge >= 0.3 is 0 Å². The Morgan fingerprint density at radius 3 is 2.29 bits per heavy atom. The van der Waals surface area contributed by atoms with Gasteiger partial charge < -0.3 is 10.2 Å². The van der Waals surface area contributed by atoms with Crippen molar-refractivity contribution in [1.82, 2.24) is 4.98 Å². The molecule has 130 valence electrons. The van der Waals surface area contributed by atoms with E-state index in [1.54, 1.807) is 19.1 Å². The second kappa shape index (κ2) is 7.53. The van der Waals surface area contributed by atoms with Crippen LogP contribution in [0.25, 0.3) is 0 Å². The first-order valence-electron chi connectivity index (χ1n) is 7.81. The Bertz CT molecular complexity index is 756. The summed E-state index contributed by atoms with van der Waals surface area (Å²) in [5.41, 5.74) is 2.66. The summed E-state index contributed by atoms with van der Waals surface area (Å²) in [6.07, 6.45) is 1.82. The van der Waals surface area contributed by atoms with Crippen molar-refractivity contribution in [2.45, 2.75) is 19.9 Å². The fourth-order valence-electron chi connectivity index (χ4n) is 2.13. The van der Waals surface area contributed by atoms with Crippen LogP contribution in [0.2, 0.25) is 0 Å². The van der Waals surface area contributed by atoms with Gasteiger partial charge in [-0.25, -0.2) is 13.4 Å². The fourth-order valence-corrected chi connectivity index (χ4v) is 2.77. The minimum Gasteiger partial charge on any atom is -0.376 e. The number of hydrogen-bond acceptors (Lipinski definition) is 5. The van der Waals surface area contributed by atoms with Crippen LogP contribution < -0.4 is 14.9 Å². The molecule has 0 saturated heterocycles. The van der Waals surface area contributed by atoms with Crippen molar-refractivity contribution < 1.29 is 8.42 Å². The molecule has 0 amide bonds. The van der Waals surface area contributed by atoms with E-state index in [2.05, 4.69) is 15.0 Å². The van der Waals surface area contributed by atoms with Crippen molar-refractivity contribution in [3.05, 3.63) is 48.2 Å². The standard InChI is InChI=1S/C17H24N4O2S/c1-5-24(22,23)20-15-8-6-14(7-9-15)13(2)19-17-11-10-16(12-18-17)21(3)4/h6-13,20H,5H2,1-4H3,(H,18,19)/t13-/m1/s1. The SMILES string of the molecule is CCS(=O)(=O)Nc1ccc([C@@H](C)Nc2ccc(N(C)C)cn2)cc1. The number of aromatic nitrogens is 1. The third-order valence-electron chi connectivity index (χ3n) is 3.69. The quantitative estimate of drug-likeness (QED) is 0.804. The lowest BCUT2D eigenvalue weighted by atomic mass is 10.1. The highest BCUT2D eigenvalue weighted by Crippen LogP contribution is 2.21. The van der Waals surface area contributed by atoms with Crippen LogP contribution in [0.3, 0.4) is 0 Å². The van der Waals surface area contributed by atoms with Gasteiger partial charge in [0.15, 0.2) is 0 Å². The van der Waals surface area contributed by atoms with Crippen LogP contribution in [0, 0.1) is 0 Å². The molecule has 0 aliphatic carbocycles. The van der Waals surface area contributed by atoms with Gasteiger partial charge in [0.2, 0.25) is 10.0 Å². The van der Waals surface area contributed by atoms with Crippen LogP contribution in [0.1, 0.15) is 25.5 Å². The third-order valence-corrected chi connectivity index (χ3v) is 5.00. The van der Waals surface area contributed by atoms with Crippen LogP contribution in [-0.2, 0) is 10.0 Å². The van der Waals surface area contributed by atoms with Crippen LogP contribution in [0.15, 0.2) is 42.6 Å². The Balaban J connectivity index is 2.03. The average molecular weight is 348 g/mol. The summed E-state index contributed by atoms with van der Waals surface area (Å²) in [7, 11) is 0.702. The third kappa shape index (κ3) is 4.86. The molecule has 0 bridgehead atoms. The van der Waals surface area contributed by atoms with Crippen LogP contribution in [0.5, 0.6) is 0 Å². The van der Waals surface area contributed by atoms with E-state index in [-0.39, 0.29) is 11.8 Å². The molecule has 0 aliphatic heterocycles. The first kappa shape index (κ1) is 18.1. The Morgan fingerprint density at radius 2 is 1.79 bits per heavy atom. The summed E-state index contributed by atoms with van der Waals surface area (Å²) in [6, 6.07) is 11.3. The van der Waals surface area contributed by atoms with Gasteiger partial charge in [0, 0.05) is 25.8 Å². The number of nitrogens with zero attached hydrogens (tertiary/aromatic N) is 2. The summed E-state index contributed by atoms with van der Waals surface area (Å²) < 4.78 is 25.7. The highest BCUT2D eigenvalue weighted by molar-refractivity contribution is 7.92. The monoisotopic (exact) mass is 348 g/mol. The number of rotatable bonds is 7. The molecular weight excluding hydrogens is 324 g/mol. The molecule has 0 fully saturated rings. The van der Waals surface area contributed by atoms with Crippen molar-refractivity contribution in [2.75, 3.05) is 34.8 Å². The van der Waals surface area contributed by atoms with Crippen LogP contribution in [-0.4, -0.2) is 33.2 Å². The van der Waals surface area contributed by atoms with Crippen LogP contribution in [0.4, 0.5) is 17.2 Å². The van der Waals surface area contributed by atoms with Gasteiger partial charge in [-0.15, -0.1) is 0 Å².